The van der Waals surface area contributed by atoms with Crippen LogP contribution in [0, 0.1) is 11.6 Å². The number of amides is 1. The van der Waals surface area contributed by atoms with Gasteiger partial charge in [-0.05, 0) is 12.8 Å². The predicted octanol–water partition coefficient (Wildman–Crippen LogP) is 2.02. The van der Waals surface area contributed by atoms with Gasteiger partial charge >= 0.3 is 6.09 Å². The van der Waals surface area contributed by atoms with Gasteiger partial charge in [0.05, 0.1) is 0 Å². The van der Waals surface area contributed by atoms with Gasteiger partial charge in [0.25, 0.3) is 0 Å². The van der Waals surface area contributed by atoms with E-state index in [0.717, 1.165) is 38.1 Å². The highest BCUT2D eigenvalue weighted by atomic mass is 19.1. The van der Waals surface area contributed by atoms with E-state index in [9.17, 15) is 13.6 Å². The minimum Gasteiger partial charge on any atom is -0.404 e. The minimum atomic E-state index is -1.24. The van der Waals surface area contributed by atoms with Crippen molar-refractivity contribution < 1.29 is 18.3 Å². The molecule has 1 heterocycles. The van der Waals surface area contributed by atoms with Crippen molar-refractivity contribution in [2.45, 2.75) is 12.8 Å². The van der Waals surface area contributed by atoms with Crippen LogP contribution in [0.4, 0.5) is 19.3 Å². The smallest absolute Gasteiger partial charge is 0.404 e. The molecule has 1 aliphatic heterocycles. The van der Waals surface area contributed by atoms with Gasteiger partial charge in [0.2, 0.25) is 5.75 Å². The van der Waals surface area contributed by atoms with Crippen LogP contribution in [0.1, 0.15) is 12.8 Å². The summed E-state index contributed by atoms with van der Waals surface area (Å²) < 4.78 is 31.3. The normalized spacial score (nSPS) is 15.1. The zero-order valence-corrected chi connectivity index (χ0v) is 9.08. The van der Waals surface area contributed by atoms with Crippen LogP contribution in [0.25, 0.3) is 0 Å². The second-order valence-electron chi connectivity index (χ2n) is 3.85. The van der Waals surface area contributed by atoms with Gasteiger partial charge < -0.3 is 15.4 Å². The summed E-state index contributed by atoms with van der Waals surface area (Å²) in [7, 11) is 0. The first kappa shape index (κ1) is 11.6. The number of hydrogen-bond acceptors (Lipinski definition) is 3. The highest BCUT2D eigenvalue weighted by Crippen LogP contribution is 2.29. The number of carbonyl (C=O) groups excluding carboxylic acids is 1. The van der Waals surface area contributed by atoms with E-state index in [2.05, 4.69) is 4.74 Å². The van der Waals surface area contributed by atoms with Crippen molar-refractivity contribution in [1.82, 2.24) is 0 Å². The maximum Gasteiger partial charge on any atom is 0.410 e. The van der Waals surface area contributed by atoms with E-state index in [1.54, 1.807) is 0 Å². The van der Waals surface area contributed by atoms with E-state index < -0.39 is 23.5 Å². The van der Waals surface area contributed by atoms with Gasteiger partial charge in [0.1, 0.15) is 0 Å². The van der Waals surface area contributed by atoms with Crippen LogP contribution in [0.15, 0.2) is 12.1 Å². The molecule has 0 aliphatic carbocycles. The van der Waals surface area contributed by atoms with Gasteiger partial charge in [-0.1, -0.05) is 0 Å². The molecule has 1 fully saturated rings. The average molecular weight is 242 g/mol. The quantitative estimate of drug-likeness (QED) is 0.863. The lowest BCUT2D eigenvalue weighted by Crippen LogP contribution is -2.20. The molecule has 0 radical (unpaired) electrons. The monoisotopic (exact) mass is 242 g/mol. The zero-order valence-electron chi connectivity index (χ0n) is 9.08. The number of halogens is 2. The standard InChI is InChI=1S/C11H12F2N2O2/c12-8-5-7(15-3-1-2-4-15)6-9(13)10(8)17-11(14)16/h5-6H,1-4H2,(H2,14,16). The van der Waals surface area contributed by atoms with Crippen molar-refractivity contribution in [3.8, 4) is 5.75 Å². The lowest BCUT2D eigenvalue weighted by Gasteiger charge is -2.18. The molecule has 1 aliphatic rings. The summed E-state index contributed by atoms with van der Waals surface area (Å²) in [6, 6.07) is 2.29. The summed E-state index contributed by atoms with van der Waals surface area (Å²) >= 11 is 0. The molecule has 0 saturated carbocycles. The van der Waals surface area contributed by atoms with Crippen LogP contribution in [-0.2, 0) is 0 Å². The molecule has 6 heteroatoms. The van der Waals surface area contributed by atoms with Crippen LogP contribution < -0.4 is 15.4 Å². The van der Waals surface area contributed by atoms with Crippen molar-refractivity contribution in [3.05, 3.63) is 23.8 Å². The molecule has 0 unspecified atom stereocenters. The molecule has 0 atom stereocenters. The fourth-order valence-corrected chi connectivity index (χ4v) is 1.90. The molecule has 2 rings (SSSR count). The number of anilines is 1. The molecule has 2 N–H and O–H groups in total. The van der Waals surface area contributed by atoms with Gasteiger partial charge in [-0.15, -0.1) is 0 Å². The summed E-state index contributed by atoms with van der Waals surface area (Å²) in [6.07, 6.45) is 0.766. The van der Waals surface area contributed by atoms with Gasteiger partial charge in [-0.2, -0.15) is 0 Å². The Balaban J connectivity index is 2.30. The first-order valence-electron chi connectivity index (χ1n) is 5.29. The van der Waals surface area contributed by atoms with Crippen molar-refractivity contribution >= 4 is 11.8 Å². The number of hydrogen-bond donors (Lipinski definition) is 1. The summed E-state index contributed by atoms with van der Waals surface area (Å²) in [5.41, 5.74) is 5.17. The predicted molar refractivity (Wildman–Crippen MR) is 58.0 cm³/mol. The van der Waals surface area contributed by atoms with Gasteiger partial charge in [-0.25, -0.2) is 13.6 Å². The summed E-state index contributed by atoms with van der Waals surface area (Å²) in [6.45, 7) is 1.55. The Morgan fingerprint density at radius 2 is 1.76 bits per heavy atom. The Kier molecular flexibility index (Phi) is 3.12. The summed E-state index contributed by atoms with van der Waals surface area (Å²) in [5.74, 6) is -2.60. The number of nitrogens with zero attached hydrogens (tertiary/aromatic N) is 1. The molecule has 17 heavy (non-hydrogen) atoms. The molecule has 4 nitrogen and oxygen atoms in total. The molecule has 1 saturated heterocycles. The second kappa shape index (κ2) is 4.57. The molecule has 0 spiro atoms. The topological polar surface area (TPSA) is 55.6 Å². The molecule has 1 aromatic carbocycles. The van der Waals surface area contributed by atoms with E-state index in [1.165, 1.54) is 0 Å². The molecule has 0 bridgehead atoms. The van der Waals surface area contributed by atoms with Crippen LogP contribution >= 0.6 is 0 Å². The number of nitrogens with two attached hydrogens (primary N) is 1. The van der Waals surface area contributed by atoms with E-state index in [1.807, 2.05) is 4.90 Å². The second-order valence-corrected chi connectivity index (χ2v) is 3.85. The van der Waals surface area contributed by atoms with Crippen LogP contribution in [0.5, 0.6) is 5.75 Å². The average Bonchev–Trinajstić information content (AvgIpc) is 2.76. The number of primary amides is 1. The third kappa shape index (κ3) is 2.46. The first-order valence-corrected chi connectivity index (χ1v) is 5.29. The zero-order chi connectivity index (χ0) is 12.4. The minimum absolute atomic E-state index is 0.453. The lowest BCUT2D eigenvalue weighted by atomic mass is 10.2. The molecule has 92 valence electrons. The van der Waals surface area contributed by atoms with Crippen molar-refractivity contribution in [2.75, 3.05) is 18.0 Å². The molecule has 1 aromatic rings. The van der Waals surface area contributed by atoms with E-state index >= 15 is 0 Å². The third-order valence-electron chi connectivity index (χ3n) is 2.66. The van der Waals surface area contributed by atoms with Crippen molar-refractivity contribution in [1.29, 1.82) is 0 Å². The van der Waals surface area contributed by atoms with E-state index in [0.29, 0.717) is 5.69 Å². The molecule has 0 aromatic heterocycles. The van der Waals surface area contributed by atoms with E-state index in [-0.39, 0.29) is 0 Å². The Morgan fingerprint density at radius 3 is 2.24 bits per heavy atom. The Morgan fingerprint density at radius 1 is 1.24 bits per heavy atom. The van der Waals surface area contributed by atoms with Crippen LogP contribution in [0.3, 0.4) is 0 Å². The summed E-state index contributed by atoms with van der Waals surface area (Å²) in [5, 5.41) is 0. The fourth-order valence-electron chi connectivity index (χ4n) is 1.90. The number of rotatable bonds is 2. The number of benzene rings is 1. The molecule has 1 amide bonds. The van der Waals surface area contributed by atoms with Gasteiger partial charge in [0, 0.05) is 30.9 Å². The third-order valence-corrected chi connectivity index (χ3v) is 2.66. The SMILES string of the molecule is NC(=O)Oc1c(F)cc(N2CCCC2)cc1F. The maximum atomic E-state index is 13.5. The van der Waals surface area contributed by atoms with Gasteiger partial charge in [-0.3, -0.25) is 0 Å². The van der Waals surface area contributed by atoms with Crippen molar-refractivity contribution in [2.24, 2.45) is 5.73 Å². The summed E-state index contributed by atoms with van der Waals surface area (Å²) in [4.78, 5) is 12.3. The highest BCUT2D eigenvalue weighted by molar-refractivity contribution is 5.68. The molecular formula is C11H12F2N2O2. The van der Waals surface area contributed by atoms with E-state index in [4.69, 9.17) is 5.73 Å². The Bertz CT molecular complexity index is 422. The van der Waals surface area contributed by atoms with Crippen molar-refractivity contribution in [3.63, 3.8) is 0 Å². The number of carbonyl (C=O) groups is 1. The Hall–Kier alpha value is -1.85. The van der Waals surface area contributed by atoms with Crippen LogP contribution in [0.2, 0.25) is 0 Å². The largest absolute Gasteiger partial charge is 0.410 e. The van der Waals surface area contributed by atoms with Gasteiger partial charge in [0.15, 0.2) is 11.6 Å². The highest BCUT2D eigenvalue weighted by Gasteiger charge is 2.19. The molecular weight excluding hydrogens is 230 g/mol. The fraction of sp³-hybridized carbons (Fsp3) is 0.364. The van der Waals surface area contributed by atoms with Crippen LogP contribution in [-0.4, -0.2) is 19.2 Å². The maximum absolute atomic E-state index is 13.5. The Labute approximate surface area is 97.0 Å². The number of ether oxygens (including phenoxy) is 1. The lowest BCUT2D eigenvalue weighted by molar-refractivity contribution is 0.206. The first-order chi connectivity index (χ1) is 8.08.